The highest BCUT2D eigenvalue weighted by Gasteiger charge is 2.29. The number of nitrogens with zero attached hydrogens (tertiary/aromatic N) is 6. The lowest BCUT2D eigenvalue weighted by Gasteiger charge is -2.41. The van der Waals surface area contributed by atoms with Gasteiger partial charge in [-0.15, -0.1) is 0 Å². The molecule has 0 aliphatic carbocycles. The summed E-state index contributed by atoms with van der Waals surface area (Å²) in [4.78, 5) is 7.44. The quantitative estimate of drug-likeness (QED) is 0.626. The number of ether oxygens (including phenoxy) is 1. The minimum atomic E-state index is 0.138. The number of nitriles is 1. The molecule has 0 amide bonds. The highest BCUT2D eigenvalue weighted by atomic mass is 16.5. The SMILES string of the molecule is C[C@@H]1CN(c2ccc(C#N)n3nccc23)C[C@H](CN2CCc3cc(N4CCNCC4)ccc3C2)O1. The summed E-state index contributed by atoms with van der Waals surface area (Å²) >= 11 is 0. The fraction of sp³-hybridized carbons (Fsp3) is 0.481. The van der Waals surface area contributed by atoms with Crippen LogP contribution in [0.4, 0.5) is 11.4 Å². The van der Waals surface area contributed by atoms with Gasteiger partial charge in [0.25, 0.3) is 0 Å². The van der Waals surface area contributed by atoms with Gasteiger partial charge in [-0.3, -0.25) is 4.90 Å². The first-order valence-electron chi connectivity index (χ1n) is 12.7. The molecule has 2 fully saturated rings. The van der Waals surface area contributed by atoms with Crippen LogP contribution >= 0.6 is 0 Å². The summed E-state index contributed by atoms with van der Waals surface area (Å²) in [5.41, 5.74) is 6.96. The van der Waals surface area contributed by atoms with Crippen LogP contribution in [-0.4, -0.2) is 79.1 Å². The van der Waals surface area contributed by atoms with Crippen LogP contribution in [-0.2, 0) is 17.7 Å². The number of rotatable bonds is 4. The minimum absolute atomic E-state index is 0.138. The summed E-state index contributed by atoms with van der Waals surface area (Å²) in [7, 11) is 0. The second-order valence-electron chi connectivity index (χ2n) is 9.99. The maximum Gasteiger partial charge on any atom is 0.142 e. The van der Waals surface area contributed by atoms with Crippen molar-refractivity contribution >= 4 is 16.9 Å². The van der Waals surface area contributed by atoms with Crippen molar-refractivity contribution in [2.45, 2.75) is 32.1 Å². The molecule has 1 aromatic carbocycles. The summed E-state index contributed by atoms with van der Waals surface area (Å²) in [6.07, 6.45) is 3.14. The van der Waals surface area contributed by atoms with Crippen LogP contribution in [0.2, 0.25) is 0 Å². The zero-order valence-electron chi connectivity index (χ0n) is 20.4. The Kier molecular flexibility index (Phi) is 6.06. The highest BCUT2D eigenvalue weighted by Crippen LogP contribution is 2.28. The van der Waals surface area contributed by atoms with Crippen LogP contribution in [0.15, 0.2) is 42.6 Å². The van der Waals surface area contributed by atoms with Gasteiger partial charge < -0.3 is 19.9 Å². The molecule has 8 nitrogen and oxygen atoms in total. The van der Waals surface area contributed by atoms with Crippen molar-refractivity contribution in [2.75, 3.05) is 62.2 Å². The number of piperazine rings is 1. The van der Waals surface area contributed by atoms with Gasteiger partial charge in [-0.2, -0.15) is 10.4 Å². The number of benzene rings is 1. The zero-order chi connectivity index (χ0) is 23.8. The molecule has 35 heavy (non-hydrogen) atoms. The molecule has 2 aromatic heterocycles. The maximum absolute atomic E-state index is 9.42. The molecule has 2 atom stereocenters. The monoisotopic (exact) mass is 471 g/mol. The van der Waals surface area contributed by atoms with E-state index in [1.807, 2.05) is 12.1 Å². The molecule has 5 heterocycles. The fourth-order valence-corrected chi connectivity index (χ4v) is 5.86. The fourth-order valence-electron chi connectivity index (χ4n) is 5.86. The van der Waals surface area contributed by atoms with Crippen molar-refractivity contribution in [3.05, 3.63) is 59.4 Å². The van der Waals surface area contributed by atoms with E-state index in [0.29, 0.717) is 5.69 Å². The number of morpholine rings is 1. The van der Waals surface area contributed by atoms with E-state index >= 15 is 0 Å². The molecule has 3 aromatic rings. The normalized spacial score (nSPS) is 23.3. The van der Waals surface area contributed by atoms with E-state index < -0.39 is 0 Å². The number of nitrogens with one attached hydrogen (secondary N) is 1. The van der Waals surface area contributed by atoms with E-state index in [1.54, 1.807) is 10.7 Å². The Bertz CT molecular complexity index is 1240. The van der Waals surface area contributed by atoms with Crippen LogP contribution in [0, 0.1) is 11.3 Å². The average Bonchev–Trinajstić information content (AvgIpc) is 3.38. The van der Waals surface area contributed by atoms with Gasteiger partial charge in [0.15, 0.2) is 0 Å². The second-order valence-corrected chi connectivity index (χ2v) is 9.99. The van der Waals surface area contributed by atoms with Gasteiger partial charge in [0.2, 0.25) is 0 Å². The van der Waals surface area contributed by atoms with Crippen molar-refractivity contribution in [1.82, 2.24) is 19.8 Å². The van der Waals surface area contributed by atoms with Gasteiger partial charge in [0.1, 0.15) is 11.8 Å². The molecule has 3 aliphatic heterocycles. The first-order chi connectivity index (χ1) is 17.2. The molecule has 2 saturated heterocycles. The molecule has 3 aliphatic rings. The molecule has 0 bridgehead atoms. The standard InChI is InChI=1S/C27H33N7O/c1-20-16-33(26-5-4-24(15-28)34-27(26)6-8-30-34)19-25(35-20)18-31-11-7-21-14-23(3-2-22(21)17-31)32-12-9-29-10-13-32/h2-6,8,14,20,25,29H,7,9-13,16-19H2,1H3/t20-,25+/m1/s1. The predicted octanol–water partition coefficient (Wildman–Crippen LogP) is 2.27. The summed E-state index contributed by atoms with van der Waals surface area (Å²) < 4.78 is 8.13. The molecule has 182 valence electrons. The van der Waals surface area contributed by atoms with Crippen molar-refractivity contribution in [3.8, 4) is 6.07 Å². The van der Waals surface area contributed by atoms with Gasteiger partial charge in [-0.1, -0.05) is 6.07 Å². The number of pyridine rings is 1. The lowest BCUT2D eigenvalue weighted by atomic mass is 9.98. The average molecular weight is 472 g/mol. The van der Waals surface area contributed by atoms with Crippen molar-refractivity contribution in [3.63, 3.8) is 0 Å². The van der Waals surface area contributed by atoms with E-state index in [0.717, 1.165) is 76.5 Å². The molecule has 0 saturated carbocycles. The van der Waals surface area contributed by atoms with E-state index in [4.69, 9.17) is 4.74 Å². The van der Waals surface area contributed by atoms with Gasteiger partial charge in [-0.05, 0) is 54.8 Å². The Morgan fingerprint density at radius 3 is 2.80 bits per heavy atom. The molecule has 0 unspecified atom stereocenters. The van der Waals surface area contributed by atoms with E-state index in [9.17, 15) is 5.26 Å². The number of anilines is 2. The Balaban J connectivity index is 1.14. The first-order valence-corrected chi connectivity index (χ1v) is 12.7. The Morgan fingerprint density at radius 1 is 1.06 bits per heavy atom. The van der Waals surface area contributed by atoms with Crippen LogP contribution in [0.5, 0.6) is 0 Å². The van der Waals surface area contributed by atoms with Crippen LogP contribution in [0.25, 0.3) is 5.52 Å². The molecule has 8 heteroatoms. The van der Waals surface area contributed by atoms with Gasteiger partial charge >= 0.3 is 0 Å². The first kappa shape index (κ1) is 22.4. The third-order valence-corrected chi connectivity index (χ3v) is 7.54. The number of hydrogen-bond acceptors (Lipinski definition) is 7. The summed E-state index contributed by atoms with van der Waals surface area (Å²) in [5, 5.41) is 17.2. The Labute approximate surface area is 206 Å². The van der Waals surface area contributed by atoms with E-state index in [2.05, 4.69) is 62.4 Å². The lowest BCUT2D eigenvalue weighted by Crippen LogP contribution is -2.51. The van der Waals surface area contributed by atoms with Crippen molar-refractivity contribution in [1.29, 1.82) is 5.26 Å². The number of aromatic nitrogens is 2. The van der Waals surface area contributed by atoms with Crippen molar-refractivity contribution in [2.24, 2.45) is 0 Å². The Hall–Kier alpha value is -3.12. The van der Waals surface area contributed by atoms with Crippen molar-refractivity contribution < 1.29 is 4.74 Å². The molecule has 0 radical (unpaired) electrons. The second kappa shape index (κ2) is 9.50. The topological polar surface area (TPSA) is 72.1 Å². The zero-order valence-corrected chi connectivity index (χ0v) is 20.4. The lowest BCUT2D eigenvalue weighted by molar-refractivity contribution is -0.0339. The number of fused-ring (bicyclic) bond motifs is 2. The van der Waals surface area contributed by atoms with Crippen LogP contribution in [0.1, 0.15) is 23.7 Å². The Morgan fingerprint density at radius 2 is 1.94 bits per heavy atom. The molecule has 6 rings (SSSR count). The minimum Gasteiger partial charge on any atom is -0.370 e. The summed E-state index contributed by atoms with van der Waals surface area (Å²) in [6.45, 7) is 11.1. The smallest absolute Gasteiger partial charge is 0.142 e. The van der Waals surface area contributed by atoms with E-state index in [-0.39, 0.29) is 12.2 Å². The highest BCUT2D eigenvalue weighted by molar-refractivity contribution is 5.74. The van der Waals surface area contributed by atoms with Gasteiger partial charge in [-0.25, -0.2) is 4.52 Å². The number of hydrogen-bond donors (Lipinski definition) is 1. The molecule has 0 spiro atoms. The van der Waals surface area contributed by atoms with Crippen LogP contribution < -0.4 is 15.1 Å². The van der Waals surface area contributed by atoms with E-state index in [1.165, 1.54) is 16.8 Å². The molecule has 1 N–H and O–H groups in total. The maximum atomic E-state index is 9.42. The third kappa shape index (κ3) is 4.47. The van der Waals surface area contributed by atoms with Gasteiger partial charge in [0.05, 0.1) is 29.6 Å². The largest absolute Gasteiger partial charge is 0.370 e. The summed E-state index contributed by atoms with van der Waals surface area (Å²) in [6, 6.07) is 15.2. The molecular formula is C27H33N7O. The van der Waals surface area contributed by atoms with Crippen LogP contribution in [0.3, 0.4) is 0 Å². The van der Waals surface area contributed by atoms with Gasteiger partial charge in [0, 0.05) is 64.6 Å². The molecular weight excluding hydrogens is 438 g/mol. The predicted molar refractivity (Wildman–Crippen MR) is 137 cm³/mol. The third-order valence-electron chi connectivity index (χ3n) is 7.54. The summed E-state index contributed by atoms with van der Waals surface area (Å²) in [5.74, 6) is 0.